The zero-order valence-electron chi connectivity index (χ0n) is 17.7. The molecule has 0 radical (unpaired) electrons. The highest BCUT2D eigenvalue weighted by molar-refractivity contribution is 7.98. The number of hydrogen-bond donors (Lipinski definition) is 2. The first-order valence-corrected chi connectivity index (χ1v) is 11.5. The normalized spacial score (nSPS) is 18.8. The molecule has 32 heavy (non-hydrogen) atoms. The summed E-state index contributed by atoms with van der Waals surface area (Å²) < 4.78 is 5.83. The number of nitrogens with zero attached hydrogens (tertiary/aromatic N) is 1. The Morgan fingerprint density at radius 2 is 2.00 bits per heavy atom. The van der Waals surface area contributed by atoms with Crippen molar-refractivity contribution in [2.75, 3.05) is 11.6 Å². The fourth-order valence-electron chi connectivity index (χ4n) is 3.86. The summed E-state index contributed by atoms with van der Waals surface area (Å²) in [5, 5.41) is 5.17. The summed E-state index contributed by atoms with van der Waals surface area (Å²) in [7, 11) is 0. The summed E-state index contributed by atoms with van der Waals surface area (Å²) in [6.45, 7) is 1.91. The van der Waals surface area contributed by atoms with Crippen molar-refractivity contribution in [2.45, 2.75) is 43.4 Å². The molecule has 2 aliphatic rings. The first-order chi connectivity index (χ1) is 15.4. The largest absolute Gasteiger partial charge is 0.481 e. The van der Waals surface area contributed by atoms with Gasteiger partial charge in [-0.25, -0.2) is 0 Å². The van der Waals surface area contributed by atoms with Crippen molar-refractivity contribution in [3.05, 3.63) is 53.6 Å². The van der Waals surface area contributed by atoms with E-state index in [1.54, 1.807) is 25.1 Å². The second-order valence-corrected chi connectivity index (χ2v) is 8.52. The van der Waals surface area contributed by atoms with E-state index in [9.17, 15) is 19.2 Å². The molecule has 4 amide bonds. The number of carbonyl (C=O) groups excluding carboxylic acids is 4. The van der Waals surface area contributed by atoms with Gasteiger partial charge in [0, 0.05) is 23.4 Å². The van der Waals surface area contributed by atoms with Crippen LogP contribution in [0.4, 0.5) is 5.69 Å². The molecule has 0 aliphatic carbocycles. The molecule has 2 N–H and O–H groups in total. The van der Waals surface area contributed by atoms with E-state index in [-0.39, 0.29) is 30.7 Å². The van der Waals surface area contributed by atoms with Crippen molar-refractivity contribution >= 4 is 41.1 Å². The van der Waals surface area contributed by atoms with E-state index >= 15 is 0 Å². The molecule has 0 bridgehead atoms. The third kappa shape index (κ3) is 4.34. The number of thioether (sulfide) groups is 1. The van der Waals surface area contributed by atoms with Crippen LogP contribution in [-0.2, 0) is 20.9 Å². The van der Waals surface area contributed by atoms with Gasteiger partial charge in [0.2, 0.25) is 11.8 Å². The first-order valence-electron chi connectivity index (χ1n) is 10.3. The smallest absolute Gasteiger partial charge is 0.265 e. The van der Waals surface area contributed by atoms with Gasteiger partial charge in [0.05, 0.1) is 5.69 Å². The van der Waals surface area contributed by atoms with Crippen LogP contribution in [0.25, 0.3) is 0 Å². The number of amides is 4. The lowest BCUT2D eigenvalue weighted by Gasteiger charge is -2.29. The Kier molecular flexibility index (Phi) is 6.18. The second-order valence-electron chi connectivity index (χ2n) is 7.67. The van der Waals surface area contributed by atoms with Gasteiger partial charge in [0.15, 0.2) is 6.10 Å². The summed E-state index contributed by atoms with van der Waals surface area (Å²) >= 11 is 1.54. The van der Waals surface area contributed by atoms with Gasteiger partial charge in [0.25, 0.3) is 11.8 Å². The molecule has 2 aromatic carbocycles. The standard InChI is InChI=1S/C23H23N3O5S/c1-13(21(28)24-17-5-3-4-6-19(17)32-2)31-15-7-8-16-14(11-15)12-26(23(16)30)18-9-10-20(27)25-22(18)29/h3-8,11,13,18H,9-10,12H2,1-2H3,(H,24,28)(H,25,27,29). The Morgan fingerprint density at radius 3 is 2.75 bits per heavy atom. The minimum atomic E-state index is -0.758. The summed E-state index contributed by atoms with van der Waals surface area (Å²) in [5.41, 5.74) is 1.94. The van der Waals surface area contributed by atoms with E-state index in [2.05, 4.69) is 10.6 Å². The third-order valence-corrected chi connectivity index (χ3v) is 6.34. The Morgan fingerprint density at radius 1 is 1.22 bits per heavy atom. The van der Waals surface area contributed by atoms with E-state index in [0.717, 1.165) is 16.1 Å². The van der Waals surface area contributed by atoms with Crippen LogP contribution < -0.4 is 15.4 Å². The predicted octanol–water partition coefficient (Wildman–Crippen LogP) is 2.58. The van der Waals surface area contributed by atoms with Crippen LogP contribution in [0.2, 0.25) is 0 Å². The van der Waals surface area contributed by atoms with Crippen LogP contribution in [0.15, 0.2) is 47.4 Å². The molecule has 0 saturated carbocycles. The lowest BCUT2D eigenvalue weighted by molar-refractivity contribution is -0.137. The summed E-state index contributed by atoms with van der Waals surface area (Å²) in [6, 6.07) is 11.9. The number of benzene rings is 2. The van der Waals surface area contributed by atoms with Gasteiger partial charge in [-0.05, 0) is 55.5 Å². The molecule has 166 valence electrons. The molecule has 2 aliphatic heterocycles. The molecule has 4 rings (SSSR count). The van der Waals surface area contributed by atoms with E-state index < -0.39 is 18.1 Å². The van der Waals surface area contributed by atoms with Crippen LogP contribution in [-0.4, -0.2) is 46.9 Å². The molecule has 9 heteroatoms. The Bertz CT molecular complexity index is 1100. The molecule has 1 fully saturated rings. The number of imide groups is 1. The van der Waals surface area contributed by atoms with Crippen LogP contribution in [0.1, 0.15) is 35.7 Å². The number of hydrogen-bond acceptors (Lipinski definition) is 6. The maximum atomic E-state index is 12.8. The topological polar surface area (TPSA) is 105 Å². The van der Waals surface area contributed by atoms with Gasteiger partial charge in [-0.3, -0.25) is 24.5 Å². The number of para-hydroxylation sites is 1. The van der Waals surface area contributed by atoms with Crippen molar-refractivity contribution in [1.29, 1.82) is 0 Å². The Labute approximate surface area is 189 Å². The second kappa shape index (κ2) is 9.04. The lowest BCUT2D eigenvalue weighted by Crippen LogP contribution is -2.52. The maximum Gasteiger partial charge on any atom is 0.265 e. The van der Waals surface area contributed by atoms with Gasteiger partial charge < -0.3 is 15.0 Å². The van der Waals surface area contributed by atoms with Gasteiger partial charge >= 0.3 is 0 Å². The summed E-state index contributed by atoms with van der Waals surface area (Å²) in [5.74, 6) is -0.843. The number of carbonyl (C=O) groups is 4. The van der Waals surface area contributed by atoms with Crippen LogP contribution in [0, 0.1) is 0 Å². The molecule has 2 atom stereocenters. The molecule has 2 aromatic rings. The maximum absolute atomic E-state index is 12.8. The SMILES string of the molecule is CSc1ccccc1NC(=O)C(C)Oc1ccc2c(c1)CN(C1CCC(=O)NC1=O)C2=O. The predicted molar refractivity (Wildman–Crippen MR) is 119 cm³/mol. The first kappa shape index (κ1) is 21.9. The fraction of sp³-hybridized carbons (Fsp3) is 0.304. The molecular weight excluding hydrogens is 430 g/mol. The highest BCUT2D eigenvalue weighted by Gasteiger charge is 2.39. The minimum absolute atomic E-state index is 0.206. The van der Waals surface area contributed by atoms with E-state index in [4.69, 9.17) is 4.74 Å². The van der Waals surface area contributed by atoms with Crippen molar-refractivity contribution in [3.63, 3.8) is 0 Å². The van der Waals surface area contributed by atoms with Crippen molar-refractivity contribution in [1.82, 2.24) is 10.2 Å². The number of ether oxygens (including phenoxy) is 1. The van der Waals surface area contributed by atoms with E-state index in [1.807, 2.05) is 30.5 Å². The number of fused-ring (bicyclic) bond motifs is 1. The third-order valence-electron chi connectivity index (χ3n) is 5.54. The molecule has 8 nitrogen and oxygen atoms in total. The number of rotatable bonds is 6. The minimum Gasteiger partial charge on any atom is -0.481 e. The zero-order valence-corrected chi connectivity index (χ0v) is 18.5. The van der Waals surface area contributed by atoms with Gasteiger partial charge in [-0.1, -0.05) is 12.1 Å². The fourth-order valence-corrected chi connectivity index (χ4v) is 4.42. The van der Waals surface area contributed by atoms with Gasteiger partial charge in [-0.2, -0.15) is 0 Å². The lowest BCUT2D eigenvalue weighted by atomic mass is 10.0. The average Bonchev–Trinajstić information content (AvgIpc) is 3.09. The highest BCUT2D eigenvalue weighted by Crippen LogP contribution is 2.31. The molecule has 2 unspecified atom stereocenters. The van der Waals surface area contributed by atoms with E-state index in [0.29, 0.717) is 17.7 Å². The average molecular weight is 454 g/mol. The van der Waals surface area contributed by atoms with Crippen LogP contribution in [0.5, 0.6) is 5.75 Å². The molecule has 1 saturated heterocycles. The molecule has 0 aromatic heterocycles. The number of nitrogens with one attached hydrogen (secondary N) is 2. The Balaban J connectivity index is 1.43. The number of anilines is 1. The van der Waals surface area contributed by atoms with Crippen LogP contribution >= 0.6 is 11.8 Å². The van der Waals surface area contributed by atoms with Crippen molar-refractivity contribution in [2.24, 2.45) is 0 Å². The van der Waals surface area contributed by atoms with Gasteiger partial charge in [-0.15, -0.1) is 11.8 Å². The summed E-state index contributed by atoms with van der Waals surface area (Å²) in [4.78, 5) is 51.4. The molecule has 2 heterocycles. The van der Waals surface area contributed by atoms with Crippen molar-refractivity contribution in [3.8, 4) is 5.75 Å². The van der Waals surface area contributed by atoms with Gasteiger partial charge in [0.1, 0.15) is 11.8 Å². The van der Waals surface area contributed by atoms with E-state index in [1.165, 1.54) is 16.7 Å². The van der Waals surface area contributed by atoms with Crippen molar-refractivity contribution < 1.29 is 23.9 Å². The summed E-state index contributed by atoms with van der Waals surface area (Å²) in [6.07, 6.45) is 1.69. The molecule has 0 spiro atoms. The highest BCUT2D eigenvalue weighted by atomic mass is 32.2. The number of piperidine rings is 1. The van der Waals surface area contributed by atoms with Crippen LogP contribution in [0.3, 0.4) is 0 Å². The molecular formula is C23H23N3O5S. The Hall–Kier alpha value is -3.33. The quantitative estimate of drug-likeness (QED) is 0.515. The monoisotopic (exact) mass is 453 g/mol. The zero-order chi connectivity index (χ0) is 22.8.